The summed E-state index contributed by atoms with van der Waals surface area (Å²) in [4.78, 5) is 10.4. The topological polar surface area (TPSA) is 94.9 Å². The average Bonchev–Trinajstić information content (AvgIpc) is 2.61. The minimum absolute atomic E-state index is 0.0758. The van der Waals surface area contributed by atoms with Crippen molar-refractivity contribution in [3.8, 4) is 17.2 Å². The Bertz CT molecular complexity index is 797. The van der Waals surface area contributed by atoms with Crippen LogP contribution in [0.4, 0.5) is 17.1 Å². The largest absolute Gasteiger partial charge is 0.497 e. The molecule has 0 aliphatic rings. The van der Waals surface area contributed by atoms with E-state index < -0.39 is 4.92 Å². The van der Waals surface area contributed by atoms with E-state index in [0.29, 0.717) is 28.6 Å². The molecule has 2 rings (SSSR count). The monoisotopic (exact) mass is 363 g/mol. The number of non-ortho nitro benzene ring substituents is 1. The lowest BCUT2D eigenvalue weighted by Gasteiger charge is -2.15. The number of nitrogens with one attached hydrogen (secondary N) is 2. The number of thiocarbonyl (C=S) groups is 1. The Labute approximate surface area is 149 Å². The fourth-order valence-corrected chi connectivity index (χ4v) is 2.30. The Balaban J connectivity index is 2.20. The van der Waals surface area contributed by atoms with Crippen LogP contribution in [0.3, 0.4) is 0 Å². The van der Waals surface area contributed by atoms with Crippen molar-refractivity contribution in [1.82, 2.24) is 0 Å². The fraction of sp³-hybridized carbons (Fsp3) is 0.188. The van der Waals surface area contributed by atoms with Crippen molar-refractivity contribution in [3.63, 3.8) is 0 Å². The van der Waals surface area contributed by atoms with Crippen molar-refractivity contribution in [3.05, 3.63) is 46.5 Å². The number of rotatable bonds is 6. The van der Waals surface area contributed by atoms with E-state index in [0.717, 1.165) is 0 Å². The second kappa shape index (κ2) is 8.15. The van der Waals surface area contributed by atoms with E-state index in [4.69, 9.17) is 26.4 Å². The quantitative estimate of drug-likeness (QED) is 0.458. The molecule has 2 aromatic carbocycles. The second-order valence-electron chi connectivity index (χ2n) is 4.79. The first kappa shape index (κ1) is 18.3. The number of hydrogen-bond donors (Lipinski definition) is 2. The molecule has 8 nitrogen and oxygen atoms in total. The average molecular weight is 363 g/mol. The summed E-state index contributed by atoms with van der Waals surface area (Å²) in [5.74, 6) is 1.60. The molecule has 0 unspecified atom stereocenters. The molecule has 0 amide bonds. The number of nitrogens with zero attached hydrogens (tertiary/aromatic N) is 1. The Kier molecular flexibility index (Phi) is 5.96. The highest BCUT2D eigenvalue weighted by atomic mass is 32.1. The standard InChI is InChI=1S/C16H17N3O5S/c1-22-11-5-6-12(15(9-11)24-3)17-16(25)18-13-8-10(19(20)21)4-7-14(13)23-2/h4-9H,1-3H3,(H2,17,18,25). The van der Waals surface area contributed by atoms with Gasteiger partial charge in [0.25, 0.3) is 5.69 Å². The molecule has 0 spiro atoms. The molecule has 0 saturated heterocycles. The first-order chi connectivity index (χ1) is 12.0. The molecular weight excluding hydrogens is 346 g/mol. The van der Waals surface area contributed by atoms with Gasteiger partial charge in [-0.05, 0) is 30.4 Å². The molecule has 25 heavy (non-hydrogen) atoms. The number of nitro benzene ring substituents is 1. The van der Waals surface area contributed by atoms with Gasteiger partial charge in [0, 0.05) is 18.2 Å². The minimum Gasteiger partial charge on any atom is -0.497 e. The van der Waals surface area contributed by atoms with Crippen molar-refractivity contribution in [1.29, 1.82) is 0 Å². The van der Waals surface area contributed by atoms with Crippen LogP contribution in [0.5, 0.6) is 17.2 Å². The molecule has 0 radical (unpaired) electrons. The summed E-state index contributed by atoms with van der Waals surface area (Å²) >= 11 is 5.27. The lowest BCUT2D eigenvalue weighted by atomic mass is 10.2. The van der Waals surface area contributed by atoms with Crippen LogP contribution in [0.15, 0.2) is 36.4 Å². The number of methoxy groups -OCH3 is 3. The first-order valence-electron chi connectivity index (χ1n) is 7.11. The van der Waals surface area contributed by atoms with Gasteiger partial charge in [0.2, 0.25) is 0 Å². The van der Waals surface area contributed by atoms with Gasteiger partial charge in [0.15, 0.2) is 5.11 Å². The Morgan fingerprint density at radius 3 is 2.24 bits per heavy atom. The summed E-state index contributed by atoms with van der Waals surface area (Å²) in [5.41, 5.74) is 0.917. The highest BCUT2D eigenvalue weighted by Crippen LogP contribution is 2.31. The van der Waals surface area contributed by atoms with E-state index in [1.165, 1.54) is 32.4 Å². The van der Waals surface area contributed by atoms with Gasteiger partial charge in [0.1, 0.15) is 17.2 Å². The van der Waals surface area contributed by atoms with Crippen molar-refractivity contribution < 1.29 is 19.1 Å². The summed E-state index contributed by atoms with van der Waals surface area (Å²) < 4.78 is 15.6. The summed E-state index contributed by atoms with van der Waals surface area (Å²) in [6.07, 6.45) is 0. The Hall–Kier alpha value is -3.07. The van der Waals surface area contributed by atoms with Gasteiger partial charge in [-0.3, -0.25) is 10.1 Å². The van der Waals surface area contributed by atoms with Gasteiger partial charge < -0.3 is 24.8 Å². The van der Waals surface area contributed by atoms with Crippen LogP contribution >= 0.6 is 12.2 Å². The van der Waals surface area contributed by atoms with Crippen LogP contribution in [0.2, 0.25) is 0 Å². The molecule has 0 bridgehead atoms. The van der Waals surface area contributed by atoms with Crippen LogP contribution in [-0.4, -0.2) is 31.4 Å². The number of benzene rings is 2. The molecule has 132 valence electrons. The van der Waals surface area contributed by atoms with Gasteiger partial charge in [-0.1, -0.05) is 0 Å². The third kappa shape index (κ3) is 4.48. The zero-order chi connectivity index (χ0) is 18.4. The van der Waals surface area contributed by atoms with Crippen LogP contribution < -0.4 is 24.8 Å². The SMILES string of the molecule is COc1ccc(NC(=S)Nc2cc([N+](=O)[O-])ccc2OC)c(OC)c1. The van der Waals surface area contributed by atoms with Crippen molar-refractivity contribution in [2.45, 2.75) is 0 Å². The molecule has 0 atom stereocenters. The minimum atomic E-state index is -0.492. The third-order valence-corrected chi connectivity index (χ3v) is 3.50. The summed E-state index contributed by atoms with van der Waals surface area (Å²) in [7, 11) is 4.55. The third-order valence-electron chi connectivity index (χ3n) is 3.30. The highest BCUT2D eigenvalue weighted by Gasteiger charge is 2.13. The van der Waals surface area contributed by atoms with E-state index in [1.807, 2.05) is 0 Å². The second-order valence-corrected chi connectivity index (χ2v) is 5.20. The maximum atomic E-state index is 10.9. The normalized spacial score (nSPS) is 9.88. The molecule has 0 saturated carbocycles. The summed E-state index contributed by atoms with van der Waals surface area (Å²) in [5, 5.41) is 17.0. The smallest absolute Gasteiger partial charge is 0.271 e. The molecule has 0 aliphatic carbocycles. The van der Waals surface area contributed by atoms with Crippen LogP contribution in [-0.2, 0) is 0 Å². The van der Waals surface area contributed by atoms with E-state index >= 15 is 0 Å². The van der Waals surface area contributed by atoms with E-state index in [-0.39, 0.29) is 10.8 Å². The predicted octanol–water partition coefficient (Wildman–Crippen LogP) is 3.43. The summed E-state index contributed by atoms with van der Waals surface area (Å²) in [6, 6.07) is 9.40. The highest BCUT2D eigenvalue weighted by molar-refractivity contribution is 7.80. The van der Waals surface area contributed by atoms with E-state index in [9.17, 15) is 10.1 Å². The lowest BCUT2D eigenvalue weighted by molar-refractivity contribution is -0.384. The number of anilines is 2. The molecule has 2 aromatic rings. The molecule has 9 heteroatoms. The molecule has 0 heterocycles. The molecule has 2 N–H and O–H groups in total. The molecule has 0 fully saturated rings. The Morgan fingerprint density at radius 1 is 0.960 bits per heavy atom. The van der Waals surface area contributed by atoms with Gasteiger partial charge in [0.05, 0.1) is 37.6 Å². The maximum Gasteiger partial charge on any atom is 0.271 e. The fourth-order valence-electron chi connectivity index (χ4n) is 2.08. The number of nitro groups is 1. The maximum absolute atomic E-state index is 10.9. The zero-order valence-corrected chi connectivity index (χ0v) is 14.7. The summed E-state index contributed by atoms with van der Waals surface area (Å²) in [6.45, 7) is 0. The first-order valence-corrected chi connectivity index (χ1v) is 7.51. The lowest BCUT2D eigenvalue weighted by Crippen LogP contribution is -2.20. The van der Waals surface area contributed by atoms with Gasteiger partial charge in [-0.2, -0.15) is 0 Å². The van der Waals surface area contributed by atoms with Crippen molar-refractivity contribution >= 4 is 34.4 Å². The molecular formula is C16H17N3O5S. The predicted molar refractivity (Wildman–Crippen MR) is 99.0 cm³/mol. The zero-order valence-electron chi connectivity index (χ0n) is 13.9. The van der Waals surface area contributed by atoms with E-state index in [2.05, 4.69) is 10.6 Å². The van der Waals surface area contributed by atoms with Crippen molar-refractivity contribution in [2.75, 3.05) is 32.0 Å². The van der Waals surface area contributed by atoms with Crippen LogP contribution in [0.1, 0.15) is 0 Å². The molecule has 0 aliphatic heterocycles. The van der Waals surface area contributed by atoms with Gasteiger partial charge in [-0.25, -0.2) is 0 Å². The molecule has 0 aromatic heterocycles. The number of hydrogen-bond acceptors (Lipinski definition) is 6. The van der Waals surface area contributed by atoms with Gasteiger partial charge >= 0.3 is 0 Å². The van der Waals surface area contributed by atoms with Crippen molar-refractivity contribution in [2.24, 2.45) is 0 Å². The van der Waals surface area contributed by atoms with E-state index in [1.54, 1.807) is 25.3 Å². The van der Waals surface area contributed by atoms with Crippen LogP contribution in [0.25, 0.3) is 0 Å². The Morgan fingerprint density at radius 2 is 1.64 bits per heavy atom. The van der Waals surface area contributed by atoms with Gasteiger partial charge in [-0.15, -0.1) is 0 Å². The number of ether oxygens (including phenoxy) is 3. The van der Waals surface area contributed by atoms with Crippen LogP contribution in [0, 0.1) is 10.1 Å².